The van der Waals surface area contributed by atoms with Gasteiger partial charge >= 0.3 is 0 Å². The lowest BCUT2D eigenvalue weighted by Crippen LogP contribution is -2.39. The molecule has 0 aliphatic heterocycles. The van der Waals surface area contributed by atoms with Crippen molar-refractivity contribution in [3.63, 3.8) is 0 Å². The van der Waals surface area contributed by atoms with E-state index in [-0.39, 0.29) is 35.8 Å². The van der Waals surface area contributed by atoms with Gasteiger partial charge in [0.15, 0.2) is 11.6 Å². The molecule has 1 atom stereocenters. The molecular formula is C20H26FIN6. The van der Waals surface area contributed by atoms with Gasteiger partial charge in [-0.2, -0.15) is 0 Å². The molecule has 0 saturated carbocycles. The number of hydrogen-bond acceptors (Lipinski definition) is 3. The Hall–Kier alpha value is -2.23. The zero-order chi connectivity index (χ0) is 19.2. The van der Waals surface area contributed by atoms with Crippen LogP contribution < -0.4 is 10.6 Å². The molecule has 3 rings (SSSR count). The first kappa shape index (κ1) is 22.1. The summed E-state index contributed by atoms with van der Waals surface area (Å²) in [5, 5.41) is 14.9. The van der Waals surface area contributed by atoms with E-state index in [9.17, 15) is 4.39 Å². The zero-order valence-electron chi connectivity index (χ0n) is 16.3. The van der Waals surface area contributed by atoms with Crippen molar-refractivity contribution in [3.8, 4) is 0 Å². The highest BCUT2D eigenvalue weighted by Gasteiger charge is 2.10. The molecule has 6 nitrogen and oxygen atoms in total. The zero-order valence-corrected chi connectivity index (χ0v) is 18.6. The molecule has 1 aromatic carbocycles. The van der Waals surface area contributed by atoms with Crippen LogP contribution in [0, 0.1) is 12.7 Å². The second-order valence-corrected chi connectivity index (χ2v) is 6.43. The first-order valence-electron chi connectivity index (χ1n) is 9.18. The van der Waals surface area contributed by atoms with Gasteiger partial charge in [0.05, 0.1) is 6.04 Å². The van der Waals surface area contributed by atoms with Crippen molar-refractivity contribution in [1.29, 1.82) is 0 Å². The molecule has 28 heavy (non-hydrogen) atoms. The summed E-state index contributed by atoms with van der Waals surface area (Å²) in [5.74, 6) is 1.38. The minimum Gasteiger partial charge on any atom is -0.357 e. The summed E-state index contributed by atoms with van der Waals surface area (Å²) >= 11 is 0. The summed E-state index contributed by atoms with van der Waals surface area (Å²) in [4.78, 5) is 4.62. The molecule has 2 heterocycles. The number of nitrogens with one attached hydrogen (secondary N) is 2. The number of aromatic nitrogens is 3. The van der Waals surface area contributed by atoms with Gasteiger partial charge in [-0.1, -0.05) is 18.2 Å². The fourth-order valence-corrected chi connectivity index (χ4v) is 2.82. The maximum atomic E-state index is 13.8. The van der Waals surface area contributed by atoms with Gasteiger partial charge in [0.2, 0.25) is 0 Å². The molecule has 150 valence electrons. The molecule has 2 N–H and O–H groups in total. The quantitative estimate of drug-likeness (QED) is 0.311. The highest BCUT2D eigenvalue weighted by atomic mass is 127. The van der Waals surface area contributed by atoms with Gasteiger partial charge in [0.25, 0.3) is 0 Å². The predicted molar refractivity (Wildman–Crippen MR) is 121 cm³/mol. The molecule has 0 fully saturated rings. The van der Waals surface area contributed by atoms with Crippen molar-refractivity contribution < 1.29 is 4.39 Å². The smallest absolute Gasteiger partial charge is 0.191 e. The topological polar surface area (TPSA) is 66.6 Å². The molecule has 0 saturated heterocycles. The number of halogens is 2. The number of nitrogens with zero attached hydrogens (tertiary/aromatic N) is 4. The molecule has 0 amide bonds. The number of pyridine rings is 1. The molecule has 0 bridgehead atoms. The van der Waals surface area contributed by atoms with Gasteiger partial charge in [0, 0.05) is 25.7 Å². The van der Waals surface area contributed by atoms with Crippen LogP contribution in [0.2, 0.25) is 0 Å². The van der Waals surface area contributed by atoms with Crippen LogP contribution in [0.1, 0.15) is 36.8 Å². The van der Waals surface area contributed by atoms with E-state index in [0.717, 1.165) is 23.6 Å². The minimum atomic E-state index is -0.193. The fourth-order valence-electron chi connectivity index (χ4n) is 2.82. The van der Waals surface area contributed by atoms with E-state index in [1.54, 1.807) is 19.1 Å². The molecule has 0 aliphatic rings. The van der Waals surface area contributed by atoms with Crippen LogP contribution in [0.3, 0.4) is 0 Å². The average Bonchev–Trinajstić information content (AvgIpc) is 3.07. The van der Waals surface area contributed by atoms with Gasteiger partial charge in [-0.3, -0.25) is 9.39 Å². The van der Waals surface area contributed by atoms with Gasteiger partial charge in [0.1, 0.15) is 11.6 Å². The maximum Gasteiger partial charge on any atom is 0.191 e. The number of hydrogen-bond donors (Lipinski definition) is 2. The van der Waals surface area contributed by atoms with E-state index in [0.29, 0.717) is 24.5 Å². The van der Waals surface area contributed by atoms with Crippen LogP contribution in [0.5, 0.6) is 0 Å². The molecule has 2 aromatic heterocycles. The molecular weight excluding hydrogens is 470 g/mol. The summed E-state index contributed by atoms with van der Waals surface area (Å²) in [6.07, 6.45) is 2.63. The Morgan fingerprint density at radius 3 is 2.82 bits per heavy atom. The second-order valence-electron chi connectivity index (χ2n) is 6.43. The molecule has 0 aliphatic carbocycles. The molecule has 1 unspecified atom stereocenters. The summed E-state index contributed by atoms with van der Waals surface area (Å²) in [6, 6.07) is 11.1. The number of fused-ring (bicyclic) bond motifs is 1. The van der Waals surface area contributed by atoms with Crippen molar-refractivity contribution in [3.05, 3.63) is 65.4 Å². The summed E-state index contributed by atoms with van der Waals surface area (Å²) in [7, 11) is 0. The van der Waals surface area contributed by atoms with Crippen molar-refractivity contribution in [2.24, 2.45) is 4.99 Å². The van der Waals surface area contributed by atoms with E-state index in [1.165, 1.54) is 0 Å². The van der Waals surface area contributed by atoms with Crippen LogP contribution in [0.25, 0.3) is 5.65 Å². The van der Waals surface area contributed by atoms with Crippen LogP contribution in [0.15, 0.2) is 47.6 Å². The third kappa shape index (κ3) is 5.40. The monoisotopic (exact) mass is 496 g/mol. The highest BCUT2D eigenvalue weighted by Crippen LogP contribution is 2.16. The van der Waals surface area contributed by atoms with Gasteiger partial charge in [-0.05, 0) is 50.1 Å². The van der Waals surface area contributed by atoms with E-state index >= 15 is 0 Å². The van der Waals surface area contributed by atoms with E-state index in [4.69, 9.17) is 0 Å². The van der Waals surface area contributed by atoms with E-state index < -0.39 is 0 Å². The largest absolute Gasteiger partial charge is 0.357 e. The average molecular weight is 496 g/mol. The molecule has 8 heteroatoms. The predicted octanol–water partition coefficient (Wildman–Crippen LogP) is 3.65. The first-order chi connectivity index (χ1) is 13.1. The van der Waals surface area contributed by atoms with E-state index in [2.05, 4.69) is 25.8 Å². The summed E-state index contributed by atoms with van der Waals surface area (Å²) in [6.45, 7) is 7.08. The standard InChI is InChI=1S/C20H25FN6.HI/c1-4-22-20(24-15(3)16-9-8-14(2)17(21)13-16)23-11-10-19-26-25-18-7-5-6-12-27(18)19;/h5-9,12-13,15H,4,10-11H2,1-3H3,(H2,22,23,24);1H. The van der Waals surface area contributed by atoms with Crippen molar-refractivity contribution in [2.75, 3.05) is 13.1 Å². The van der Waals surface area contributed by atoms with Crippen LogP contribution >= 0.6 is 24.0 Å². The normalized spacial score (nSPS) is 12.5. The van der Waals surface area contributed by atoms with Crippen LogP contribution in [-0.4, -0.2) is 33.6 Å². The fraction of sp³-hybridized carbons (Fsp3) is 0.350. The van der Waals surface area contributed by atoms with Crippen molar-refractivity contribution >= 4 is 35.6 Å². The number of aliphatic imine (C=N–C) groups is 1. The molecule has 0 radical (unpaired) electrons. The Labute approximate surface area is 181 Å². The van der Waals surface area contributed by atoms with Crippen LogP contribution in [0.4, 0.5) is 4.39 Å². The Balaban J connectivity index is 0.00000280. The number of aryl methyl sites for hydroxylation is 1. The Kier molecular flexibility index (Phi) is 8.16. The number of guanidine groups is 1. The summed E-state index contributed by atoms with van der Waals surface area (Å²) < 4.78 is 15.8. The van der Waals surface area contributed by atoms with Crippen molar-refractivity contribution in [1.82, 2.24) is 25.2 Å². The minimum absolute atomic E-state index is 0. The lowest BCUT2D eigenvalue weighted by atomic mass is 10.1. The Morgan fingerprint density at radius 1 is 1.25 bits per heavy atom. The summed E-state index contributed by atoms with van der Waals surface area (Å²) in [5.41, 5.74) is 2.36. The SMILES string of the molecule is CCNC(=NCCc1nnc2ccccn12)NC(C)c1ccc(C)c(F)c1.I. The van der Waals surface area contributed by atoms with Gasteiger partial charge < -0.3 is 10.6 Å². The third-order valence-corrected chi connectivity index (χ3v) is 4.38. The lowest BCUT2D eigenvalue weighted by molar-refractivity contribution is 0.607. The maximum absolute atomic E-state index is 13.8. The highest BCUT2D eigenvalue weighted by molar-refractivity contribution is 14.0. The van der Waals surface area contributed by atoms with Gasteiger partial charge in [-0.25, -0.2) is 4.39 Å². The van der Waals surface area contributed by atoms with Gasteiger partial charge in [-0.15, -0.1) is 34.2 Å². The Bertz CT molecular complexity index is 939. The number of rotatable bonds is 6. The van der Waals surface area contributed by atoms with Crippen molar-refractivity contribution in [2.45, 2.75) is 33.2 Å². The van der Waals surface area contributed by atoms with Crippen LogP contribution in [-0.2, 0) is 6.42 Å². The third-order valence-electron chi connectivity index (χ3n) is 4.38. The molecule has 0 spiro atoms. The molecule has 3 aromatic rings. The lowest BCUT2D eigenvalue weighted by Gasteiger charge is -2.18. The Morgan fingerprint density at radius 2 is 2.07 bits per heavy atom. The second kappa shape index (κ2) is 10.4. The number of benzene rings is 1. The first-order valence-corrected chi connectivity index (χ1v) is 9.18. The van der Waals surface area contributed by atoms with E-state index in [1.807, 2.05) is 48.7 Å².